The molecule has 0 bridgehead atoms. The zero-order chi connectivity index (χ0) is 18.9. The van der Waals surface area contributed by atoms with Gasteiger partial charge < -0.3 is 15.0 Å². The Bertz CT molecular complexity index is 913. The summed E-state index contributed by atoms with van der Waals surface area (Å²) in [6, 6.07) is 12.0. The van der Waals surface area contributed by atoms with E-state index in [4.69, 9.17) is 16.3 Å². The highest BCUT2D eigenvalue weighted by Gasteiger charge is 2.33. The first-order valence-electron chi connectivity index (χ1n) is 9.07. The first-order valence-corrected chi connectivity index (χ1v) is 10.9. The molecule has 4 rings (SSSR count). The molecule has 0 atom stereocenters. The summed E-state index contributed by atoms with van der Waals surface area (Å²) >= 11 is 6.38. The molecule has 0 amide bonds. The van der Waals surface area contributed by atoms with Gasteiger partial charge in [-0.3, -0.25) is 4.31 Å². The molecule has 0 spiro atoms. The minimum Gasteiger partial charge on any atom is -0.487 e. The molecule has 0 aromatic heterocycles. The fourth-order valence-corrected chi connectivity index (χ4v) is 5.21. The SMILES string of the molecule is O=S(=O)(c1ccccc1)N1CCOc2c(N3CCCNCC3)cc(Cl)cc21. The number of nitrogens with one attached hydrogen (secondary N) is 1. The van der Waals surface area contributed by atoms with Crippen molar-refractivity contribution in [3.63, 3.8) is 0 Å². The molecule has 0 saturated carbocycles. The Labute approximate surface area is 164 Å². The van der Waals surface area contributed by atoms with Crippen LogP contribution in [0.15, 0.2) is 47.4 Å². The van der Waals surface area contributed by atoms with Gasteiger partial charge in [0.25, 0.3) is 10.0 Å². The lowest BCUT2D eigenvalue weighted by atomic mass is 10.2. The molecule has 6 nitrogen and oxygen atoms in total. The second-order valence-electron chi connectivity index (χ2n) is 6.60. The van der Waals surface area contributed by atoms with Gasteiger partial charge in [-0.2, -0.15) is 0 Å². The molecule has 144 valence electrons. The minimum atomic E-state index is -3.68. The van der Waals surface area contributed by atoms with Gasteiger partial charge >= 0.3 is 0 Å². The number of halogens is 1. The predicted octanol–water partition coefficient (Wildman–Crippen LogP) is 2.73. The summed E-state index contributed by atoms with van der Waals surface area (Å²) in [6.07, 6.45) is 1.01. The molecule has 2 aliphatic rings. The molecule has 2 aromatic rings. The van der Waals surface area contributed by atoms with Gasteiger partial charge in [0.05, 0.1) is 22.8 Å². The molecule has 2 aromatic carbocycles. The van der Waals surface area contributed by atoms with E-state index in [-0.39, 0.29) is 11.4 Å². The van der Waals surface area contributed by atoms with Gasteiger partial charge in [0.2, 0.25) is 0 Å². The largest absolute Gasteiger partial charge is 0.487 e. The van der Waals surface area contributed by atoms with Crippen molar-refractivity contribution >= 4 is 33.0 Å². The summed E-state index contributed by atoms with van der Waals surface area (Å²) in [5.41, 5.74) is 1.36. The monoisotopic (exact) mass is 407 g/mol. The fourth-order valence-electron chi connectivity index (χ4n) is 3.54. The second kappa shape index (κ2) is 7.58. The molecule has 0 radical (unpaired) electrons. The van der Waals surface area contributed by atoms with Crippen LogP contribution in [0.4, 0.5) is 11.4 Å². The van der Waals surface area contributed by atoms with Crippen molar-refractivity contribution in [3.05, 3.63) is 47.5 Å². The van der Waals surface area contributed by atoms with Crippen LogP contribution in [0.5, 0.6) is 5.75 Å². The van der Waals surface area contributed by atoms with Gasteiger partial charge in [-0.1, -0.05) is 29.8 Å². The number of sulfonamides is 1. The number of hydrogen-bond donors (Lipinski definition) is 1. The maximum Gasteiger partial charge on any atom is 0.264 e. The van der Waals surface area contributed by atoms with Crippen molar-refractivity contribution < 1.29 is 13.2 Å². The van der Waals surface area contributed by atoms with Crippen molar-refractivity contribution in [2.45, 2.75) is 11.3 Å². The van der Waals surface area contributed by atoms with E-state index in [0.29, 0.717) is 23.1 Å². The van der Waals surface area contributed by atoms with Crippen LogP contribution in [-0.4, -0.2) is 47.7 Å². The van der Waals surface area contributed by atoms with E-state index in [1.807, 2.05) is 6.07 Å². The third-order valence-corrected chi connectivity index (χ3v) is 6.88. The first kappa shape index (κ1) is 18.4. The number of hydrogen-bond acceptors (Lipinski definition) is 5. The molecule has 27 heavy (non-hydrogen) atoms. The lowest BCUT2D eigenvalue weighted by molar-refractivity contribution is 0.316. The summed E-state index contributed by atoms with van der Waals surface area (Å²) in [5, 5.41) is 3.87. The van der Waals surface area contributed by atoms with E-state index in [2.05, 4.69) is 10.2 Å². The van der Waals surface area contributed by atoms with E-state index >= 15 is 0 Å². The van der Waals surface area contributed by atoms with Crippen LogP contribution < -0.4 is 19.3 Å². The topological polar surface area (TPSA) is 61.9 Å². The summed E-state index contributed by atoms with van der Waals surface area (Å²) < 4.78 is 33.8. The number of fused-ring (bicyclic) bond motifs is 1. The Morgan fingerprint density at radius 1 is 1.00 bits per heavy atom. The van der Waals surface area contributed by atoms with Gasteiger partial charge in [-0.15, -0.1) is 0 Å². The molecule has 1 saturated heterocycles. The van der Waals surface area contributed by atoms with Crippen LogP contribution in [0.3, 0.4) is 0 Å². The summed E-state index contributed by atoms with van der Waals surface area (Å²) in [5.74, 6) is 0.590. The van der Waals surface area contributed by atoms with Crippen LogP contribution in [0.25, 0.3) is 0 Å². The van der Waals surface area contributed by atoms with Crippen molar-refractivity contribution in [2.24, 2.45) is 0 Å². The highest BCUT2D eigenvalue weighted by Crippen LogP contribution is 2.44. The predicted molar refractivity (Wildman–Crippen MR) is 108 cm³/mol. The van der Waals surface area contributed by atoms with Crippen molar-refractivity contribution in [2.75, 3.05) is 48.5 Å². The molecule has 1 fully saturated rings. The normalized spacial score (nSPS) is 17.8. The van der Waals surface area contributed by atoms with Crippen molar-refractivity contribution in [1.82, 2.24) is 5.32 Å². The van der Waals surface area contributed by atoms with Crippen LogP contribution in [-0.2, 0) is 10.0 Å². The summed E-state index contributed by atoms with van der Waals surface area (Å²) in [7, 11) is -3.68. The average molecular weight is 408 g/mol. The quantitative estimate of drug-likeness (QED) is 0.847. The van der Waals surface area contributed by atoms with E-state index in [1.54, 1.807) is 36.4 Å². The zero-order valence-corrected chi connectivity index (χ0v) is 16.5. The number of ether oxygens (including phenoxy) is 1. The highest BCUT2D eigenvalue weighted by molar-refractivity contribution is 7.92. The highest BCUT2D eigenvalue weighted by atomic mass is 35.5. The van der Waals surface area contributed by atoms with Gasteiger partial charge in [-0.25, -0.2) is 8.42 Å². The van der Waals surface area contributed by atoms with Gasteiger partial charge in [0, 0.05) is 24.7 Å². The summed E-state index contributed by atoms with van der Waals surface area (Å²) in [4.78, 5) is 2.47. The molecule has 0 aliphatic carbocycles. The standard InChI is InChI=1S/C19H22ClN3O3S/c20-15-13-17(22-9-4-7-21-8-10-22)19-18(14-15)23(11-12-26-19)27(24,25)16-5-2-1-3-6-16/h1-3,5-6,13-14,21H,4,7-12H2. The maximum absolute atomic E-state index is 13.2. The second-order valence-corrected chi connectivity index (χ2v) is 8.90. The van der Waals surface area contributed by atoms with E-state index in [9.17, 15) is 8.42 Å². The number of benzene rings is 2. The third kappa shape index (κ3) is 3.59. The molecule has 8 heteroatoms. The number of rotatable bonds is 3. The Balaban J connectivity index is 1.79. The van der Waals surface area contributed by atoms with E-state index < -0.39 is 10.0 Å². The van der Waals surface area contributed by atoms with Gasteiger partial charge in [0.1, 0.15) is 6.61 Å². The molecule has 1 N–H and O–H groups in total. The van der Waals surface area contributed by atoms with Crippen LogP contribution >= 0.6 is 11.6 Å². The molecule has 0 unspecified atom stereocenters. The Morgan fingerprint density at radius 2 is 1.78 bits per heavy atom. The lowest BCUT2D eigenvalue weighted by Crippen LogP contribution is -2.39. The van der Waals surface area contributed by atoms with Crippen molar-refractivity contribution in [1.29, 1.82) is 0 Å². The number of nitrogens with zero attached hydrogens (tertiary/aromatic N) is 2. The summed E-state index contributed by atoms with van der Waals surface area (Å²) in [6.45, 7) is 4.09. The smallest absolute Gasteiger partial charge is 0.264 e. The molecular weight excluding hydrogens is 386 g/mol. The Hall–Kier alpha value is -1.96. The van der Waals surface area contributed by atoms with Crippen LogP contribution in [0, 0.1) is 0 Å². The number of anilines is 2. The molecular formula is C19H22ClN3O3S. The van der Waals surface area contributed by atoms with Crippen LogP contribution in [0.1, 0.15) is 6.42 Å². The molecule has 2 aliphatic heterocycles. The Kier molecular flexibility index (Phi) is 5.16. The first-order chi connectivity index (χ1) is 13.1. The van der Waals surface area contributed by atoms with Gasteiger partial charge in [-0.05, 0) is 37.2 Å². The maximum atomic E-state index is 13.2. The Morgan fingerprint density at radius 3 is 2.59 bits per heavy atom. The van der Waals surface area contributed by atoms with Crippen LogP contribution in [0.2, 0.25) is 5.02 Å². The average Bonchev–Trinajstić information content (AvgIpc) is 2.97. The van der Waals surface area contributed by atoms with E-state index in [1.165, 1.54) is 4.31 Å². The molecule has 2 heterocycles. The van der Waals surface area contributed by atoms with Crippen molar-refractivity contribution in [3.8, 4) is 5.75 Å². The van der Waals surface area contributed by atoms with E-state index in [0.717, 1.165) is 38.3 Å². The lowest BCUT2D eigenvalue weighted by Gasteiger charge is -2.34. The minimum absolute atomic E-state index is 0.256. The third-order valence-electron chi connectivity index (χ3n) is 4.84. The van der Waals surface area contributed by atoms with Gasteiger partial charge in [0.15, 0.2) is 5.75 Å². The zero-order valence-electron chi connectivity index (χ0n) is 14.9. The fraction of sp³-hybridized carbons (Fsp3) is 0.368.